The first-order valence-corrected chi connectivity index (χ1v) is 6.66. The van der Waals surface area contributed by atoms with Crippen molar-refractivity contribution in [1.29, 1.82) is 5.26 Å². The molecule has 0 saturated heterocycles. The maximum absolute atomic E-state index is 9.03. The number of fused-ring (bicyclic) bond motifs is 1. The van der Waals surface area contributed by atoms with Gasteiger partial charge < -0.3 is 4.74 Å². The molecule has 0 amide bonds. The Labute approximate surface area is 123 Å². The summed E-state index contributed by atoms with van der Waals surface area (Å²) >= 11 is 3.53. The number of aromatic nitrogens is 2. The summed E-state index contributed by atoms with van der Waals surface area (Å²) < 4.78 is 6.52. The van der Waals surface area contributed by atoms with Gasteiger partial charge in [0.15, 0.2) is 0 Å². The standard InChI is InChI=1S/C15H8BrN3O/c16-14-12-4-2-1-3-10(12)5-6-13(14)20-15-11(9-17)7-8-18-19-15/h1-8H. The molecule has 0 bridgehead atoms. The Morgan fingerprint density at radius 3 is 2.80 bits per heavy atom. The second kappa shape index (κ2) is 5.27. The Bertz CT molecular complexity index is 827. The number of nitrogens with zero attached hydrogens (tertiary/aromatic N) is 3. The van der Waals surface area contributed by atoms with E-state index in [1.807, 2.05) is 42.5 Å². The Kier molecular flexibility index (Phi) is 3.32. The molecule has 0 unspecified atom stereocenters. The normalized spacial score (nSPS) is 10.2. The summed E-state index contributed by atoms with van der Waals surface area (Å²) in [4.78, 5) is 0. The Balaban J connectivity index is 2.08. The van der Waals surface area contributed by atoms with Crippen LogP contribution in [0.25, 0.3) is 10.8 Å². The molecular formula is C15H8BrN3O. The van der Waals surface area contributed by atoms with E-state index in [0.717, 1.165) is 15.2 Å². The van der Waals surface area contributed by atoms with Crippen LogP contribution in [0.15, 0.2) is 53.1 Å². The smallest absolute Gasteiger partial charge is 0.256 e. The number of ether oxygens (including phenoxy) is 1. The van der Waals surface area contributed by atoms with Gasteiger partial charge in [0.05, 0.1) is 10.7 Å². The fourth-order valence-corrected chi connectivity index (χ4v) is 2.45. The second-order valence-corrected chi connectivity index (χ2v) is 4.86. The van der Waals surface area contributed by atoms with Crippen LogP contribution in [-0.2, 0) is 0 Å². The topological polar surface area (TPSA) is 58.8 Å². The lowest BCUT2D eigenvalue weighted by Gasteiger charge is -2.09. The van der Waals surface area contributed by atoms with Crippen LogP contribution >= 0.6 is 15.9 Å². The zero-order valence-corrected chi connectivity index (χ0v) is 11.8. The molecule has 0 aliphatic heterocycles. The summed E-state index contributed by atoms with van der Waals surface area (Å²) in [5.41, 5.74) is 0.347. The molecule has 3 rings (SSSR count). The van der Waals surface area contributed by atoms with Gasteiger partial charge in [-0.05, 0) is 38.8 Å². The van der Waals surface area contributed by atoms with Crippen LogP contribution in [0.1, 0.15) is 5.56 Å². The highest BCUT2D eigenvalue weighted by Gasteiger charge is 2.11. The molecule has 0 spiro atoms. The van der Waals surface area contributed by atoms with E-state index in [1.165, 1.54) is 6.20 Å². The van der Waals surface area contributed by atoms with Gasteiger partial charge in [-0.2, -0.15) is 10.4 Å². The molecule has 0 atom stereocenters. The van der Waals surface area contributed by atoms with Gasteiger partial charge in [-0.25, -0.2) is 0 Å². The molecule has 0 saturated carbocycles. The number of rotatable bonds is 2. The van der Waals surface area contributed by atoms with E-state index in [1.54, 1.807) is 6.07 Å². The predicted octanol–water partition coefficient (Wildman–Crippen LogP) is 4.06. The van der Waals surface area contributed by atoms with Crippen molar-refractivity contribution in [2.75, 3.05) is 0 Å². The van der Waals surface area contributed by atoms with Crippen molar-refractivity contribution in [3.63, 3.8) is 0 Å². The van der Waals surface area contributed by atoms with Gasteiger partial charge in [-0.15, -0.1) is 5.10 Å². The lowest BCUT2D eigenvalue weighted by molar-refractivity contribution is 0.451. The average Bonchev–Trinajstić information content (AvgIpc) is 2.51. The lowest BCUT2D eigenvalue weighted by atomic mass is 10.1. The zero-order valence-electron chi connectivity index (χ0n) is 10.2. The lowest BCUT2D eigenvalue weighted by Crippen LogP contribution is -1.94. The fraction of sp³-hybridized carbons (Fsp3) is 0. The van der Waals surface area contributed by atoms with Gasteiger partial charge in [0.1, 0.15) is 17.4 Å². The zero-order chi connectivity index (χ0) is 13.9. The van der Waals surface area contributed by atoms with Gasteiger partial charge >= 0.3 is 0 Å². The predicted molar refractivity (Wildman–Crippen MR) is 78.5 cm³/mol. The van der Waals surface area contributed by atoms with Crippen LogP contribution in [0.2, 0.25) is 0 Å². The molecule has 1 heterocycles. The van der Waals surface area contributed by atoms with Crippen molar-refractivity contribution >= 4 is 26.7 Å². The molecule has 96 valence electrons. The third-order valence-electron chi connectivity index (χ3n) is 2.84. The molecule has 20 heavy (non-hydrogen) atoms. The fourth-order valence-electron chi connectivity index (χ4n) is 1.88. The first kappa shape index (κ1) is 12.6. The van der Waals surface area contributed by atoms with Crippen molar-refractivity contribution < 1.29 is 4.74 Å². The number of hydrogen-bond acceptors (Lipinski definition) is 4. The summed E-state index contributed by atoms with van der Waals surface area (Å²) in [6, 6.07) is 15.3. The molecule has 2 aromatic carbocycles. The number of nitriles is 1. The van der Waals surface area contributed by atoms with Gasteiger partial charge in [-0.3, -0.25) is 0 Å². The van der Waals surface area contributed by atoms with E-state index in [0.29, 0.717) is 11.3 Å². The minimum Gasteiger partial charge on any atom is -0.435 e. The van der Waals surface area contributed by atoms with Crippen LogP contribution in [0.3, 0.4) is 0 Å². The summed E-state index contributed by atoms with van der Waals surface area (Å²) in [6.07, 6.45) is 1.46. The third kappa shape index (κ3) is 2.22. The quantitative estimate of drug-likeness (QED) is 0.713. The monoisotopic (exact) mass is 325 g/mol. The summed E-state index contributed by atoms with van der Waals surface area (Å²) in [5, 5.41) is 18.8. The maximum Gasteiger partial charge on any atom is 0.256 e. The second-order valence-electron chi connectivity index (χ2n) is 4.06. The first-order valence-electron chi connectivity index (χ1n) is 5.86. The van der Waals surface area contributed by atoms with Crippen LogP contribution in [0, 0.1) is 11.3 Å². The summed E-state index contributed by atoms with van der Waals surface area (Å²) in [6.45, 7) is 0. The molecule has 5 heteroatoms. The molecule has 0 radical (unpaired) electrons. The molecule has 3 aromatic rings. The Morgan fingerprint density at radius 2 is 1.95 bits per heavy atom. The van der Waals surface area contributed by atoms with E-state index in [9.17, 15) is 0 Å². The molecular weight excluding hydrogens is 318 g/mol. The largest absolute Gasteiger partial charge is 0.435 e. The van der Waals surface area contributed by atoms with Gasteiger partial charge in [-0.1, -0.05) is 30.3 Å². The highest BCUT2D eigenvalue weighted by molar-refractivity contribution is 9.10. The number of hydrogen-bond donors (Lipinski definition) is 0. The first-order chi connectivity index (χ1) is 9.79. The van der Waals surface area contributed by atoms with Crippen molar-refractivity contribution in [3.8, 4) is 17.7 Å². The van der Waals surface area contributed by atoms with Crippen molar-refractivity contribution in [2.24, 2.45) is 0 Å². The van der Waals surface area contributed by atoms with Crippen molar-refractivity contribution in [1.82, 2.24) is 10.2 Å². The third-order valence-corrected chi connectivity index (χ3v) is 3.66. The molecule has 0 aliphatic rings. The number of benzene rings is 2. The van der Waals surface area contributed by atoms with Crippen LogP contribution in [-0.4, -0.2) is 10.2 Å². The Morgan fingerprint density at radius 1 is 1.10 bits per heavy atom. The number of halogens is 1. The molecule has 0 N–H and O–H groups in total. The average molecular weight is 326 g/mol. The highest BCUT2D eigenvalue weighted by Crippen LogP contribution is 2.35. The van der Waals surface area contributed by atoms with E-state index in [4.69, 9.17) is 10.00 Å². The minimum absolute atomic E-state index is 0.200. The molecule has 4 nitrogen and oxygen atoms in total. The van der Waals surface area contributed by atoms with E-state index in [-0.39, 0.29) is 5.88 Å². The van der Waals surface area contributed by atoms with Crippen LogP contribution in [0.5, 0.6) is 11.6 Å². The molecule has 0 aliphatic carbocycles. The van der Waals surface area contributed by atoms with Crippen LogP contribution in [0.4, 0.5) is 0 Å². The molecule has 1 aromatic heterocycles. The van der Waals surface area contributed by atoms with Crippen LogP contribution < -0.4 is 4.74 Å². The van der Waals surface area contributed by atoms with E-state index >= 15 is 0 Å². The van der Waals surface area contributed by atoms with E-state index in [2.05, 4.69) is 26.1 Å². The SMILES string of the molecule is N#Cc1ccnnc1Oc1ccc2ccccc2c1Br. The van der Waals surface area contributed by atoms with Gasteiger partial charge in [0.25, 0.3) is 5.88 Å². The highest BCUT2D eigenvalue weighted by atomic mass is 79.9. The summed E-state index contributed by atoms with van der Waals surface area (Å²) in [5.74, 6) is 0.798. The van der Waals surface area contributed by atoms with Gasteiger partial charge in [0, 0.05) is 0 Å². The summed E-state index contributed by atoms with van der Waals surface area (Å²) in [7, 11) is 0. The van der Waals surface area contributed by atoms with Gasteiger partial charge in [0.2, 0.25) is 0 Å². The Hall–Kier alpha value is -2.45. The molecule has 0 fully saturated rings. The minimum atomic E-state index is 0.200. The maximum atomic E-state index is 9.03. The van der Waals surface area contributed by atoms with E-state index < -0.39 is 0 Å². The van der Waals surface area contributed by atoms with Crippen molar-refractivity contribution in [2.45, 2.75) is 0 Å². The van der Waals surface area contributed by atoms with Crippen molar-refractivity contribution in [3.05, 3.63) is 58.7 Å².